The maximum atomic E-state index is 13.1. The molecule has 7 heteroatoms. The summed E-state index contributed by atoms with van der Waals surface area (Å²) in [6, 6.07) is 13.4. The van der Waals surface area contributed by atoms with Crippen LogP contribution in [0.25, 0.3) is 0 Å². The van der Waals surface area contributed by atoms with E-state index < -0.39 is 5.54 Å². The number of ether oxygens (including phenoxy) is 1. The predicted molar refractivity (Wildman–Crippen MR) is 107 cm³/mol. The quantitative estimate of drug-likeness (QED) is 0.717. The number of carbonyl (C=O) groups excluding carboxylic acids is 2. The third-order valence-electron chi connectivity index (χ3n) is 4.70. The van der Waals surface area contributed by atoms with Crippen molar-refractivity contribution in [2.45, 2.75) is 18.4 Å². The monoisotopic (exact) mass is 387 g/mol. The van der Waals surface area contributed by atoms with Crippen LogP contribution in [-0.4, -0.2) is 55.6 Å². The molecule has 1 saturated heterocycles. The number of hydrogen-bond acceptors (Lipinski definition) is 5. The van der Waals surface area contributed by atoms with Crippen LogP contribution in [0, 0.1) is 0 Å². The van der Waals surface area contributed by atoms with Crippen molar-refractivity contribution in [1.29, 1.82) is 0 Å². The van der Waals surface area contributed by atoms with E-state index >= 15 is 0 Å². The highest BCUT2D eigenvalue weighted by molar-refractivity contribution is 7.12. The van der Waals surface area contributed by atoms with E-state index in [2.05, 4.69) is 10.6 Å². The number of rotatable bonds is 7. The molecule has 1 aromatic carbocycles. The summed E-state index contributed by atoms with van der Waals surface area (Å²) in [4.78, 5) is 28.4. The van der Waals surface area contributed by atoms with Crippen LogP contribution in [0.1, 0.15) is 22.5 Å². The van der Waals surface area contributed by atoms with Gasteiger partial charge in [-0.15, -0.1) is 11.3 Å². The molecular formula is C20H25N3O3S. The summed E-state index contributed by atoms with van der Waals surface area (Å²) < 4.78 is 5.04. The van der Waals surface area contributed by atoms with Gasteiger partial charge in [-0.1, -0.05) is 24.3 Å². The lowest BCUT2D eigenvalue weighted by Crippen LogP contribution is -2.62. The Bertz CT molecular complexity index is 751. The van der Waals surface area contributed by atoms with Gasteiger partial charge in [0.25, 0.3) is 5.91 Å². The number of likely N-dealkylation sites (tertiary alicyclic amines) is 1. The van der Waals surface area contributed by atoms with Crippen LogP contribution < -0.4 is 10.6 Å². The number of benzene rings is 1. The molecule has 6 nitrogen and oxygen atoms in total. The number of thiophene rings is 1. The van der Waals surface area contributed by atoms with Crippen LogP contribution in [0.5, 0.6) is 0 Å². The van der Waals surface area contributed by atoms with E-state index in [1.165, 1.54) is 11.3 Å². The number of nitrogens with zero attached hydrogens (tertiary/aromatic N) is 1. The molecule has 1 fully saturated rings. The summed E-state index contributed by atoms with van der Waals surface area (Å²) in [6.07, 6.45) is 1.42. The van der Waals surface area contributed by atoms with E-state index in [-0.39, 0.29) is 11.8 Å². The molecule has 0 aliphatic carbocycles. The molecule has 1 unspecified atom stereocenters. The average Bonchev–Trinajstić information content (AvgIpc) is 3.23. The molecule has 2 amide bonds. The largest absolute Gasteiger partial charge is 0.383 e. The number of methoxy groups -OCH3 is 1. The van der Waals surface area contributed by atoms with Gasteiger partial charge in [-0.25, -0.2) is 0 Å². The smallest absolute Gasteiger partial charge is 0.264 e. The SMILES string of the molecule is COCCNC(=O)C1(Nc2ccccc2)CCCN(C(=O)c2cccs2)C1. The lowest BCUT2D eigenvalue weighted by molar-refractivity contribution is -0.127. The Labute approximate surface area is 163 Å². The van der Waals surface area contributed by atoms with E-state index in [1.54, 1.807) is 12.0 Å². The molecule has 1 aliphatic rings. The van der Waals surface area contributed by atoms with Gasteiger partial charge in [0.1, 0.15) is 5.54 Å². The van der Waals surface area contributed by atoms with Crippen molar-refractivity contribution in [3.8, 4) is 0 Å². The van der Waals surface area contributed by atoms with E-state index in [9.17, 15) is 9.59 Å². The van der Waals surface area contributed by atoms with Crippen molar-refractivity contribution in [3.05, 3.63) is 52.7 Å². The summed E-state index contributed by atoms with van der Waals surface area (Å²) in [5.74, 6) is -0.124. The molecule has 0 radical (unpaired) electrons. The molecule has 0 bridgehead atoms. The second kappa shape index (κ2) is 9.01. The second-order valence-electron chi connectivity index (χ2n) is 6.63. The van der Waals surface area contributed by atoms with Gasteiger partial charge in [0, 0.05) is 25.9 Å². The fourth-order valence-corrected chi connectivity index (χ4v) is 4.05. The highest BCUT2D eigenvalue weighted by Gasteiger charge is 2.43. The molecule has 1 aliphatic heterocycles. The van der Waals surface area contributed by atoms with Gasteiger partial charge in [-0.05, 0) is 36.4 Å². The van der Waals surface area contributed by atoms with Crippen LogP contribution in [0.2, 0.25) is 0 Å². The standard InChI is InChI=1S/C20H25N3O3S/c1-26-13-11-21-19(25)20(22-16-7-3-2-4-8-16)10-6-12-23(15-20)18(24)17-9-5-14-27-17/h2-5,7-9,14,22H,6,10-13,15H2,1H3,(H,21,25). The second-order valence-corrected chi connectivity index (χ2v) is 7.58. The van der Waals surface area contributed by atoms with Crippen LogP contribution in [-0.2, 0) is 9.53 Å². The Morgan fingerprint density at radius 3 is 2.74 bits per heavy atom. The Balaban J connectivity index is 1.81. The molecular weight excluding hydrogens is 362 g/mol. The van der Waals surface area contributed by atoms with Crippen LogP contribution in [0.15, 0.2) is 47.8 Å². The fourth-order valence-electron chi connectivity index (χ4n) is 3.36. The minimum Gasteiger partial charge on any atom is -0.383 e. The molecule has 0 spiro atoms. The van der Waals surface area contributed by atoms with E-state index in [1.807, 2.05) is 47.8 Å². The zero-order valence-electron chi connectivity index (χ0n) is 15.4. The van der Waals surface area contributed by atoms with Gasteiger partial charge in [0.05, 0.1) is 18.0 Å². The summed E-state index contributed by atoms with van der Waals surface area (Å²) in [7, 11) is 1.60. The Hall–Kier alpha value is -2.38. The predicted octanol–water partition coefficient (Wildman–Crippen LogP) is 2.60. The fraction of sp³-hybridized carbons (Fsp3) is 0.400. The first-order chi connectivity index (χ1) is 13.1. The van der Waals surface area contributed by atoms with Gasteiger partial charge in [0.15, 0.2) is 0 Å². The minimum atomic E-state index is -0.861. The van der Waals surface area contributed by atoms with E-state index in [0.717, 1.165) is 12.1 Å². The first-order valence-electron chi connectivity index (χ1n) is 9.08. The molecule has 2 heterocycles. The van der Waals surface area contributed by atoms with E-state index in [0.29, 0.717) is 37.5 Å². The number of piperidine rings is 1. The molecule has 3 rings (SSSR count). The molecule has 0 saturated carbocycles. The number of nitrogens with one attached hydrogen (secondary N) is 2. The number of amides is 2. The molecule has 2 N–H and O–H groups in total. The molecule has 1 atom stereocenters. The highest BCUT2D eigenvalue weighted by atomic mass is 32.1. The maximum Gasteiger partial charge on any atom is 0.264 e. The first-order valence-corrected chi connectivity index (χ1v) is 9.96. The van der Waals surface area contributed by atoms with Gasteiger partial charge in [0.2, 0.25) is 5.91 Å². The summed E-state index contributed by atoms with van der Waals surface area (Å²) in [5.41, 5.74) is 0.00472. The van der Waals surface area contributed by atoms with Crippen molar-refractivity contribution in [2.24, 2.45) is 0 Å². The topological polar surface area (TPSA) is 70.7 Å². The number of para-hydroxylation sites is 1. The van der Waals surface area contributed by atoms with Gasteiger partial charge in [-0.2, -0.15) is 0 Å². The van der Waals surface area contributed by atoms with Crippen molar-refractivity contribution >= 4 is 28.8 Å². The van der Waals surface area contributed by atoms with Crippen molar-refractivity contribution < 1.29 is 14.3 Å². The average molecular weight is 388 g/mol. The van der Waals surface area contributed by atoms with Gasteiger partial charge >= 0.3 is 0 Å². The van der Waals surface area contributed by atoms with Gasteiger partial charge < -0.3 is 20.3 Å². The van der Waals surface area contributed by atoms with Crippen LogP contribution >= 0.6 is 11.3 Å². The number of hydrogen-bond donors (Lipinski definition) is 2. The van der Waals surface area contributed by atoms with Crippen molar-refractivity contribution in [3.63, 3.8) is 0 Å². The summed E-state index contributed by atoms with van der Waals surface area (Å²) in [6.45, 7) is 1.87. The molecule has 1 aromatic heterocycles. The van der Waals surface area contributed by atoms with E-state index in [4.69, 9.17) is 4.74 Å². The molecule has 27 heavy (non-hydrogen) atoms. The third-order valence-corrected chi connectivity index (χ3v) is 5.55. The molecule has 144 valence electrons. The van der Waals surface area contributed by atoms with Gasteiger partial charge in [-0.3, -0.25) is 9.59 Å². The summed E-state index contributed by atoms with van der Waals surface area (Å²) in [5, 5.41) is 8.25. The third kappa shape index (κ3) is 4.67. The Morgan fingerprint density at radius 1 is 1.22 bits per heavy atom. The van der Waals surface area contributed by atoms with Crippen molar-refractivity contribution in [2.75, 3.05) is 38.7 Å². The highest BCUT2D eigenvalue weighted by Crippen LogP contribution is 2.28. The number of anilines is 1. The minimum absolute atomic E-state index is 0.0198. The normalized spacial score (nSPS) is 19.5. The Morgan fingerprint density at radius 2 is 2.04 bits per heavy atom. The number of carbonyl (C=O) groups is 2. The first kappa shape index (κ1) is 19.4. The zero-order valence-corrected chi connectivity index (χ0v) is 16.3. The van der Waals surface area contributed by atoms with Crippen LogP contribution in [0.4, 0.5) is 5.69 Å². The lowest BCUT2D eigenvalue weighted by Gasteiger charge is -2.42. The molecule has 2 aromatic rings. The Kier molecular flexibility index (Phi) is 6.47. The maximum absolute atomic E-state index is 13.1. The zero-order chi connectivity index (χ0) is 19.1. The van der Waals surface area contributed by atoms with Crippen LogP contribution in [0.3, 0.4) is 0 Å². The lowest BCUT2D eigenvalue weighted by atomic mass is 9.87. The summed E-state index contributed by atoms with van der Waals surface area (Å²) >= 11 is 1.43. The van der Waals surface area contributed by atoms with Crippen molar-refractivity contribution in [1.82, 2.24) is 10.2 Å².